The lowest BCUT2D eigenvalue weighted by molar-refractivity contribution is -0.200. The van der Waals surface area contributed by atoms with Gasteiger partial charge >= 0.3 is 12.1 Å². The minimum Gasteiger partial charge on any atom is -0.480 e. The zero-order valence-corrected chi connectivity index (χ0v) is 18.3. The molecule has 0 saturated carbocycles. The minimum absolute atomic E-state index is 0.0145. The van der Waals surface area contributed by atoms with E-state index < -0.39 is 41.6 Å². The number of nitrogens with one attached hydrogen (secondary N) is 3. The molecule has 0 bridgehead atoms. The first kappa shape index (κ1) is 24.9. The predicted molar refractivity (Wildman–Crippen MR) is 108 cm³/mol. The molecular formula is C20H33N3O8. The number of carbonyl (C=O) groups excluding carboxylic acids is 3. The summed E-state index contributed by atoms with van der Waals surface area (Å²) in [6.07, 6.45) is 0.440. The maximum atomic E-state index is 12.8. The van der Waals surface area contributed by atoms with Crippen LogP contribution in [0.4, 0.5) is 4.79 Å². The Morgan fingerprint density at radius 2 is 1.90 bits per heavy atom. The van der Waals surface area contributed by atoms with E-state index in [0.717, 1.165) is 0 Å². The van der Waals surface area contributed by atoms with E-state index in [2.05, 4.69) is 16.0 Å². The van der Waals surface area contributed by atoms with Crippen molar-refractivity contribution in [1.29, 1.82) is 0 Å². The Kier molecular flexibility index (Phi) is 9.05. The zero-order valence-electron chi connectivity index (χ0n) is 18.3. The van der Waals surface area contributed by atoms with Crippen LogP contribution in [0.15, 0.2) is 0 Å². The second kappa shape index (κ2) is 11.3. The van der Waals surface area contributed by atoms with Crippen molar-refractivity contribution in [3.8, 4) is 0 Å². The third-order valence-corrected chi connectivity index (χ3v) is 5.46. The van der Waals surface area contributed by atoms with E-state index in [0.29, 0.717) is 19.4 Å². The zero-order chi connectivity index (χ0) is 23.0. The van der Waals surface area contributed by atoms with Crippen molar-refractivity contribution < 1.29 is 38.5 Å². The summed E-state index contributed by atoms with van der Waals surface area (Å²) < 4.78 is 16.0. The fourth-order valence-electron chi connectivity index (χ4n) is 3.61. The molecule has 0 radical (unpaired) electrons. The molecule has 31 heavy (non-hydrogen) atoms. The van der Waals surface area contributed by atoms with Crippen LogP contribution in [0.25, 0.3) is 0 Å². The van der Waals surface area contributed by atoms with Crippen molar-refractivity contribution in [2.24, 2.45) is 11.8 Å². The lowest BCUT2D eigenvalue weighted by Crippen LogP contribution is -2.55. The van der Waals surface area contributed by atoms with Gasteiger partial charge in [0.25, 0.3) is 0 Å². The van der Waals surface area contributed by atoms with E-state index in [4.69, 9.17) is 14.2 Å². The van der Waals surface area contributed by atoms with Crippen molar-refractivity contribution in [3.63, 3.8) is 0 Å². The van der Waals surface area contributed by atoms with E-state index in [1.807, 2.05) is 20.8 Å². The number of hydrogen-bond donors (Lipinski definition) is 4. The summed E-state index contributed by atoms with van der Waals surface area (Å²) in [4.78, 5) is 48.8. The molecule has 0 spiro atoms. The summed E-state index contributed by atoms with van der Waals surface area (Å²) in [5.74, 6) is -2.53. The van der Waals surface area contributed by atoms with E-state index in [1.165, 1.54) is 0 Å². The molecule has 2 fully saturated rings. The van der Waals surface area contributed by atoms with E-state index in [9.17, 15) is 24.3 Å². The number of alkyl carbamates (subject to hydrolysis) is 1. The van der Waals surface area contributed by atoms with Crippen molar-refractivity contribution in [3.05, 3.63) is 0 Å². The number of rotatable bonds is 10. The first-order valence-electron chi connectivity index (χ1n) is 10.6. The van der Waals surface area contributed by atoms with E-state index in [-0.39, 0.29) is 44.7 Å². The summed E-state index contributed by atoms with van der Waals surface area (Å²) in [6.45, 7) is 6.56. The summed E-state index contributed by atoms with van der Waals surface area (Å²) in [6, 6.07) is -2.23. The second-order valence-corrected chi connectivity index (χ2v) is 8.48. The van der Waals surface area contributed by atoms with E-state index in [1.54, 1.807) is 0 Å². The van der Waals surface area contributed by atoms with Crippen molar-refractivity contribution >= 4 is 23.9 Å². The van der Waals surface area contributed by atoms with Gasteiger partial charge in [0.15, 0.2) is 5.60 Å². The molecule has 176 valence electrons. The van der Waals surface area contributed by atoms with Gasteiger partial charge in [-0.3, -0.25) is 9.59 Å². The summed E-state index contributed by atoms with van der Waals surface area (Å²) in [5.41, 5.74) is -0.944. The normalized spacial score (nSPS) is 22.3. The van der Waals surface area contributed by atoms with Gasteiger partial charge in [0.1, 0.15) is 18.9 Å². The highest BCUT2D eigenvalue weighted by Crippen LogP contribution is 2.21. The van der Waals surface area contributed by atoms with Crippen LogP contribution in [0.2, 0.25) is 0 Å². The van der Waals surface area contributed by atoms with Crippen LogP contribution in [0.1, 0.15) is 46.5 Å². The van der Waals surface area contributed by atoms with Crippen LogP contribution in [0, 0.1) is 11.8 Å². The fraction of sp³-hybridized carbons (Fsp3) is 0.800. The summed E-state index contributed by atoms with van der Waals surface area (Å²) in [5, 5.41) is 17.2. The molecule has 0 aliphatic carbocycles. The molecule has 2 aliphatic rings. The molecule has 11 nitrogen and oxygen atoms in total. The number of carboxylic acids is 1. The Balaban J connectivity index is 2.01. The van der Waals surface area contributed by atoms with Gasteiger partial charge in [0.05, 0.1) is 13.2 Å². The average molecular weight is 443 g/mol. The molecule has 2 unspecified atom stereocenters. The number of carboxylic acid groups (broad SMARTS) is 1. The molecule has 2 aliphatic heterocycles. The summed E-state index contributed by atoms with van der Waals surface area (Å²) >= 11 is 0. The molecule has 0 aromatic heterocycles. The van der Waals surface area contributed by atoms with Gasteiger partial charge in [-0.2, -0.15) is 0 Å². The highest BCUT2D eigenvalue weighted by atomic mass is 16.7. The molecule has 3 amide bonds. The quantitative estimate of drug-likeness (QED) is 0.378. The Morgan fingerprint density at radius 1 is 1.23 bits per heavy atom. The van der Waals surface area contributed by atoms with Crippen LogP contribution in [0.5, 0.6) is 0 Å². The molecule has 4 N–H and O–H groups in total. The molecular weight excluding hydrogens is 410 g/mol. The maximum Gasteiger partial charge on any atom is 0.408 e. The Morgan fingerprint density at radius 3 is 2.42 bits per heavy atom. The lowest BCUT2D eigenvalue weighted by Gasteiger charge is -2.35. The topological polar surface area (TPSA) is 152 Å². The molecule has 2 heterocycles. The summed E-state index contributed by atoms with van der Waals surface area (Å²) in [7, 11) is 0. The van der Waals surface area contributed by atoms with Crippen LogP contribution in [-0.2, 0) is 28.6 Å². The third-order valence-electron chi connectivity index (χ3n) is 5.46. The first-order valence-corrected chi connectivity index (χ1v) is 10.6. The molecule has 2 rings (SSSR count). The SMILES string of the molecule is CCC1(OC(=O)NC(CC(C)C)C(=O)NC(C[C@@H]2CCNC2=O)C(=O)O)COCOC1. The molecule has 0 aromatic rings. The fourth-order valence-corrected chi connectivity index (χ4v) is 3.61. The maximum absolute atomic E-state index is 12.8. The Hall–Kier alpha value is -2.40. The smallest absolute Gasteiger partial charge is 0.408 e. The highest BCUT2D eigenvalue weighted by molar-refractivity contribution is 5.90. The van der Waals surface area contributed by atoms with Crippen LogP contribution in [-0.4, -0.2) is 73.2 Å². The number of ether oxygens (including phenoxy) is 3. The number of amides is 3. The molecule has 3 atom stereocenters. The predicted octanol–water partition coefficient (Wildman–Crippen LogP) is 0.376. The van der Waals surface area contributed by atoms with Crippen LogP contribution in [0.3, 0.4) is 0 Å². The minimum atomic E-state index is -1.24. The van der Waals surface area contributed by atoms with Gasteiger partial charge in [0, 0.05) is 12.5 Å². The molecule has 2 saturated heterocycles. The van der Waals surface area contributed by atoms with Gasteiger partial charge in [0.2, 0.25) is 11.8 Å². The van der Waals surface area contributed by atoms with Gasteiger partial charge in [-0.05, 0) is 31.6 Å². The number of aliphatic carboxylic acids is 1. The van der Waals surface area contributed by atoms with Gasteiger partial charge in [-0.25, -0.2) is 9.59 Å². The van der Waals surface area contributed by atoms with Crippen molar-refractivity contribution in [2.45, 2.75) is 64.1 Å². The van der Waals surface area contributed by atoms with Gasteiger partial charge in [-0.15, -0.1) is 0 Å². The average Bonchev–Trinajstić information content (AvgIpc) is 3.11. The molecule has 11 heteroatoms. The lowest BCUT2D eigenvalue weighted by atomic mass is 9.97. The number of carbonyl (C=O) groups is 4. The Labute approximate surface area is 181 Å². The van der Waals surface area contributed by atoms with Crippen molar-refractivity contribution in [1.82, 2.24) is 16.0 Å². The monoisotopic (exact) mass is 443 g/mol. The van der Waals surface area contributed by atoms with Crippen LogP contribution >= 0.6 is 0 Å². The van der Waals surface area contributed by atoms with Crippen LogP contribution < -0.4 is 16.0 Å². The highest BCUT2D eigenvalue weighted by Gasteiger charge is 2.38. The van der Waals surface area contributed by atoms with Gasteiger partial charge < -0.3 is 35.3 Å². The first-order chi connectivity index (χ1) is 14.7. The largest absolute Gasteiger partial charge is 0.480 e. The standard InChI is InChI=1S/C20H33N3O8/c1-4-20(9-29-11-30-10-20)31-19(28)23-14(7-12(2)3)17(25)22-15(18(26)27)8-13-5-6-21-16(13)24/h12-15H,4-11H2,1-3H3,(H,21,24)(H,22,25)(H,23,28)(H,26,27)/t13-,14?,15?/m0/s1. The third kappa shape index (κ3) is 7.35. The Bertz CT molecular complexity index is 663. The molecule has 0 aromatic carbocycles. The second-order valence-electron chi connectivity index (χ2n) is 8.48. The van der Waals surface area contributed by atoms with E-state index >= 15 is 0 Å². The number of hydrogen-bond acceptors (Lipinski definition) is 7. The van der Waals surface area contributed by atoms with Gasteiger partial charge in [-0.1, -0.05) is 20.8 Å². The van der Waals surface area contributed by atoms with Crippen molar-refractivity contribution in [2.75, 3.05) is 26.6 Å².